The summed E-state index contributed by atoms with van der Waals surface area (Å²) in [4.78, 5) is 0. The van der Waals surface area contributed by atoms with Crippen molar-refractivity contribution >= 4 is 32.6 Å². The zero-order valence-electron chi connectivity index (χ0n) is 11.9. The van der Waals surface area contributed by atoms with Gasteiger partial charge in [-0.1, -0.05) is 48.5 Å². The smallest absolute Gasteiger partial charge is 0.0571 e. The third-order valence-corrected chi connectivity index (χ3v) is 4.30. The van der Waals surface area contributed by atoms with Crippen molar-refractivity contribution in [2.24, 2.45) is 0 Å². The number of fused-ring (bicyclic) bond motifs is 5. The molecule has 20 heavy (non-hydrogen) atoms. The summed E-state index contributed by atoms with van der Waals surface area (Å²) in [5.41, 5.74) is 4.07. The Labute approximate surface area is 118 Å². The van der Waals surface area contributed by atoms with E-state index in [2.05, 4.69) is 73.0 Å². The fourth-order valence-corrected chi connectivity index (χ4v) is 3.42. The van der Waals surface area contributed by atoms with Crippen LogP contribution < -0.4 is 0 Å². The van der Waals surface area contributed by atoms with E-state index >= 15 is 0 Å². The summed E-state index contributed by atoms with van der Waals surface area (Å²) >= 11 is 0. The first-order valence-electron chi connectivity index (χ1n) is 7.20. The summed E-state index contributed by atoms with van der Waals surface area (Å²) in [6.07, 6.45) is 0. The molecule has 1 aromatic heterocycles. The lowest BCUT2D eigenvalue weighted by Crippen LogP contribution is -1.93. The van der Waals surface area contributed by atoms with Crippen LogP contribution in [-0.2, 0) is 6.54 Å². The van der Waals surface area contributed by atoms with Gasteiger partial charge in [-0.3, -0.25) is 0 Å². The molecule has 0 aliphatic rings. The summed E-state index contributed by atoms with van der Waals surface area (Å²) < 4.78 is 2.44. The summed E-state index contributed by atoms with van der Waals surface area (Å²) in [6, 6.07) is 19.8. The Balaban J connectivity index is 2.38. The minimum absolute atomic E-state index is 0.997. The second kappa shape index (κ2) is 4.11. The average Bonchev–Trinajstić information content (AvgIpc) is 2.82. The fraction of sp³-hybridized carbons (Fsp3) is 0.158. The largest absolute Gasteiger partial charge is 0.340 e. The Morgan fingerprint density at radius 2 is 1.70 bits per heavy atom. The van der Waals surface area contributed by atoms with Crippen molar-refractivity contribution in [2.75, 3.05) is 0 Å². The molecular weight excluding hydrogens is 242 g/mol. The van der Waals surface area contributed by atoms with Gasteiger partial charge >= 0.3 is 0 Å². The molecule has 0 bridgehead atoms. The second-order valence-electron chi connectivity index (χ2n) is 5.40. The Bertz CT molecular complexity index is 944. The van der Waals surface area contributed by atoms with Crippen LogP contribution in [0, 0.1) is 6.92 Å². The van der Waals surface area contributed by atoms with Gasteiger partial charge < -0.3 is 4.57 Å². The van der Waals surface area contributed by atoms with Crippen LogP contribution in [0.2, 0.25) is 0 Å². The highest BCUT2D eigenvalue weighted by Crippen LogP contribution is 2.35. The van der Waals surface area contributed by atoms with Crippen LogP contribution in [0.25, 0.3) is 32.6 Å². The van der Waals surface area contributed by atoms with Crippen LogP contribution in [0.4, 0.5) is 0 Å². The molecule has 0 atom stereocenters. The van der Waals surface area contributed by atoms with Crippen molar-refractivity contribution in [3.05, 3.63) is 60.2 Å². The summed E-state index contributed by atoms with van der Waals surface area (Å²) in [7, 11) is 0. The number of hydrogen-bond acceptors (Lipinski definition) is 0. The molecule has 4 aromatic rings. The molecule has 0 aliphatic carbocycles. The van der Waals surface area contributed by atoms with Crippen LogP contribution in [-0.4, -0.2) is 4.57 Å². The van der Waals surface area contributed by atoms with Crippen LogP contribution in [0.15, 0.2) is 54.6 Å². The van der Waals surface area contributed by atoms with Crippen molar-refractivity contribution in [3.63, 3.8) is 0 Å². The van der Waals surface area contributed by atoms with E-state index in [0.717, 1.165) is 6.54 Å². The molecule has 1 heteroatoms. The molecule has 1 heterocycles. The molecule has 0 unspecified atom stereocenters. The van der Waals surface area contributed by atoms with Crippen LogP contribution in [0.1, 0.15) is 12.5 Å². The Kier molecular flexibility index (Phi) is 2.37. The van der Waals surface area contributed by atoms with Gasteiger partial charge in [-0.05, 0) is 30.9 Å². The number of nitrogens with zero attached hydrogens (tertiary/aromatic N) is 1. The van der Waals surface area contributed by atoms with Gasteiger partial charge in [0.2, 0.25) is 0 Å². The van der Waals surface area contributed by atoms with E-state index in [9.17, 15) is 0 Å². The monoisotopic (exact) mass is 259 g/mol. The third kappa shape index (κ3) is 1.38. The molecule has 0 aliphatic heterocycles. The van der Waals surface area contributed by atoms with Gasteiger partial charge in [-0.15, -0.1) is 0 Å². The topological polar surface area (TPSA) is 4.93 Å². The number of benzene rings is 3. The van der Waals surface area contributed by atoms with E-state index in [1.165, 1.54) is 38.1 Å². The van der Waals surface area contributed by atoms with Crippen molar-refractivity contribution in [3.8, 4) is 0 Å². The van der Waals surface area contributed by atoms with E-state index in [-0.39, 0.29) is 0 Å². The maximum atomic E-state index is 2.44. The van der Waals surface area contributed by atoms with Crippen molar-refractivity contribution in [2.45, 2.75) is 20.4 Å². The molecule has 98 valence electrons. The van der Waals surface area contributed by atoms with E-state index < -0.39 is 0 Å². The van der Waals surface area contributed by atoms with Crippen LogP contribution in [0.5, 0.6) is 0 Å². The van der Waals surface area contributed by atoms with Crippen molar-refractivity contribution in [1.82, 2.24) is 4.57 Å². The van der Waals surface area contributed by atoms with Crippen molar-refractivity contribution < 1.29 is 0 Å². The van der Waals surface area contributed by atoms with Gasteiger partial charge in [0, 0.05) is 28.2 Å². The molecular formula is C19H17N. The lowest BCUT2D eigenvalue weighted by Gasteiger charge is -2.06. The van der Waals surface area contributed by atoms with E-state index in [1.54, 1.807) is 0 Å². The number of rotatable bonds is 1. The Hall–Kier alpha value is -2.28. The van der Waals surface area contributed by atoms with Crippen LogP contribution >= 0.6 is 0 Å². The number of aryl methyl sites for hydroxylation is 2. The highest BCUT2D eigenvalue weighted by atomic mass is 15.0. The summed E-state index contributed by atoms with van der Waals surface area (Å²) in [5.74, 6) is 0. The molecule has 0 radical (unpaired) electrons. The third-order valence-electron chi connectivity index (χ3n) is 4.30. The zero-order valence-corrected chi connectivity index (χ0v) is 11.9. The molecule has 0 saturated heterocycles. The van der Waals surface area contributed by atoms with E-state index in [1.807, 2.05) is 0 Å². The molecule has 0 amide bonds. The maximum absolute atomic E-state index is 2.44. The fourth-order valence-electron chi connectivity index (χ4n) is 3.42. The molecule has 4 rings (SSSR count). The van der Waals surface area contributed by atoms with Gasteiger partial charge in [0.1, 0.15) is 0 Å². The minimum Gasteiger partial charge on any atom is -0.340 e. The molecule has 3 aromatic carbocycles. The van der Waals surface area contributed by atoms with Gasteiger partial charge in [0.15, 0.2) is 0 Å². The van der Waals surface area contributed by atoms with Gasteiger partial charge in [0.05, 0.1) is 5.52 Å². The van der Waals surface area contributed by atoms with Gasteiger partial charge in [-0.25, -0.2) is 0 Å². The van der Waals surface area contributed by atoms with Gasteiger partial charge in [0.25, 0.3) is 0 Å². The standard InChI is InChI=1S/C19H17N/c1-3-20-17-10-6-7-13(2)18(17)16-12-11-14-8-4-5-9-15(14)19(16)20/h4-12H,3H2,1-2H3. The molecule has 1 nitrogen and oxygen atoms in total. The summed E-state index contributed by atoms with van der Waals surface area (Å²) in [6.45, 7) is 5.43. The first kappa shape index (κ1) is 11.5. The number of aromatic nitrogens is 1. The molecule has 0 saturated carbocycles. The molecule has 0 fully saturated rings. The predicted molar refractivity (Wildman–Crippen MR) is 87.4 cm³/mol. The highest BCUT2D eigenvalue weighted by Gasteiger charge is 2.13. The lowest BCUT2D eigenvalue weighted by molar-refractivity contribution is 0.829. The SMILES string of the molecule is CCn1c2cccc(C)c2c2ccc3ccccc3c21. The van der Waals surface area contributed by atoms with Crippen LogP contribution in [0.3, 0.4) is 0 Å². The normalized spacial score (nSPS) is 11.7. The Morgan fingerprint density at radius 1 is 0.850 bits per heavy atom. The lowest BCUT2D eigenvalue weighted by atomic mass is 10.0. The first-order chi connectivity index (χ1) is 9.81. The van der Waals surface area contributed by atoms with E-state index in [0.29, 0.717) is 0 Å². The number of hydrogen-bond donors (Lipinski definition) is 0. The minimum atomic E-state index is 0.997. The quantitative estimate of drug-likeness (QED) is 0.438. The Morgan fingerprint density at radius 3 is 2.55 bits per heavy atom. The first-order valence-corrected chi connectivity index (χ1v) is 7.20. The second-order valence-corrected chi connectivity index (χ2v) is 5.40. The molecule has 0 N–H and O–H groups in total. The highest BCUT2D eigenvalue weighted by molar-refractivity contribution is 6.18. The van der Waals surface area contributed by atoms with Crippen molar-refractivity contribution in [1.29, 1.82) is 0 Å². The zero-order chi connectivity index (χ0) is 13.7. The molecule has 0 spiro atoms. The predicted octanol–water partition coefficient (Wildman–Crippen LogP) is 5.28. The van der Waals surface area contributed by atoms with Gasteiger partial charge in [-0.2, -0.15) is 0 Å². The van der Waals surface area contributed by atoms with E-state index in [4.69, 9.17) is 0 Å². The maximum Gasteiger partial charge on any atom is 0.0571 e. The summed E-state index contributed by atoms with van der Waals surface area (Å²) in [5, 5.41) is 5.44. The average molecular weight is 259 g/mol.